The molecule has 1 saturated heterocycles. The van der Waals surface area contributed by atoms with E-state index in [1.807, 2.05) is 58.3 Å². The SMILES string of the molecule is Cn1cc(-c2ccc(-c3c[n+]([O-])cc4ccc(C(=O)N5CCN(C(=O)OC(C)(C)C)CC5)nc34)cc2)cn1. The molecule has 5 rings (SSSR count). The third kappa shape index (κ3) is 5.29. The van der Waals surface area contributed by atoms with Crippen LogP contribution in [-0.4, -0.2) is 68.3 Å². The van der Waals surface area contributed by atoms with E-state index in [0.29, 0.717) is 48.3 Å². The second-order valence-electron chi connectivity index (χ2n) is 10.4. The van der Waals surface area contributed by atoms with Gasteiger partial charge < -0.3 is 19.7 Å². The lowest BCUT2D eigenvalue weighted by Crippen LogP contribution is -2.51. The third-order valence-electron chi connectivity index (χ3n) is 6.38. The quantitative estimate of drug-likeness (QED) is 0.305. The van der Waals surface area contributed by atoms with Crippen LogP contribution in [0.1, 0.15) is 31.3 Å². The number of fused-ring (bicyclic) bond motifs is 1. The van der Waals surface area contributed by atoms with E-state index in [4.69, 9.17) is 9.72 Å². The zero-order valence-corrected chi connectivity index (χ0v) is 21.9. The zero-order valence-electron chi connectivity index (χ0n) is 21.9. The number of rotatable bonds is 3. The molecule has 0 unspecified atom stereocenters. The molecule has 3 aromatic heterocycles. The fraction of sp³-hybridized carbons (Fsp3) is 0.321. The van der Waals surface area contributed by atoms with E-state index in [1.54, 1.807) is 32.8 Å². The number of piperazine rings is 1. The van der Waals surface area contributed by atoms with Gasteiger partial charge in [0.2, 0.25) is 0 Å². The molecule has 4 heterocycles. The molecule has 0 aliphatic carbocycles. The molecule has 1 aliphatic rings. The fourth-order valence-electron chi connectivity index (χ4n) is 4.48. The van der Waals surface area contributed by atoms with Gasteiger partial charge in [-0.3, -0.25) is 9.48 Å². The minimum absolute atomic E-state index is 0.215. The van der Waals surface area contributed by atoms with Gasteiger partial charge in [-0.25, -0.2) is 9.78 Å². The van der Waals surface area contributed by atoms with Crippen LogP contribution in [-0.2, 0) is 11.8 Å². The molecule has 0 N–H and O–H groups in total. The van der Waals surface area contributed by atoms with Gasteiger partial charge >= 0.3 is 6.09 Å². The smallest absolute Gasteiger partial charge is 0.410 e. The van der Waals surface area contributed by atoms with Crippen LogP contribution < -0.4 is 4.73 Å². The predicted octanol–water partition coefficient (Wildman–Crippen LogP) is 3.63. The maximum absolute atomic E-state index is 13.3. The number of ether oxygens (including phenoxy) is 1. The van der Waals surface area contributed by atoms with Crippen molar-refractivity contribution < 1.29 is 19.1 Å². The first-order valence-corrected chi connectivity index (χ1v) is 12.5. The molecule has 1 fully saturated rings. The Labute approximate surface area is 220 Å². The molecule has 10 heteroatoms. The Morgan fingerprint density at radius 1 is 0.921 bits per heavy atom. The van der Waals surface area contributed by atoms with Crippen LogP contribution in [0.4, 0.5) is 4.79 Å². The normalized spacial score (nSPS) is 14.1. The summed E-state index contributed by atoms with van der Waals surface area (Å²) in [6, 6.07) is 11.2. The maximum Gasteiger partial charge on any atom is 0.410 e. The number of carbonyl (C=O) groups excluding carboxylic acids is 2. The fourth-order valence-corrected chi connectivity index (χ4v) is 4.48. The highest BCUT2D eigenvalue weighted by Crippen LogP contribution is 2.29. The van der Waals surface area contributed by atoms with Gasteiger partial charge in [0.25, 0.3) is 5.91 Å². The molecule has 0 saturated carbocycles. The van der Waals surface area contributed by atoms with E-state index in [0.717, 1.165) is 21.4 Å². The van der Waals surface area contributed by atoms with Crippen molar-refractivity contribution in [3.05, 3.63) is 72.1 Å². The molecule has 4 aromatic rings. The average molecular weight is 515 g/mol. The van der Waals surface area contributed by atoms with Crippen LogP contribution >= 0.6 is 0 Å². The molecule has 38 heavy (non-hydrogen) atoms. The predicted molar refractivity (Wildman–Crippen MR) is 142 cm³/mol. The summed E-state index contributed by atoms with van der Waals surface area (Å²) in [6.45, 7) is 7.03. The van der Waals surface area contributed by atoms with Crippen molar-refractivity contribution in [2.45, 2.75) is 26.4 Å². The summed E-state index contributed by atoms with van der Waals surface area (Å²) in [6.07, 6.45) is 6.28. The Kier molecular flexibility index (Phi) is 6.48. The lowest BCUT2D eigenvalue weighted by atomic mass is 10.0. The van der Waals surface area contributed by atoms with Crippen molar-refractivity contribution in [2.24, 2.45) is 7.05 Å². The van der Waals surface area contributed by atoms with Gasteiger partial charge in [-0.05, 0) is 44.0 Å². The van der Waals surface area contributed by atoms with Gasteiger partial charge in [0, 0.05) is 45.0 Å². The number of aryl methyl sites for hydroxylation is 1. The second-order valence-corrected chi connectivity index (χ2v) is 10.4. The Morgan fingerprint density at radius 2 is 1.58 bits per heavy atom. The Hall–Kier alpha value is -4.47. The molecular weight excluding hydrogens is 484 g/mol. The van der Waals surface area contributed by atoms with Crippen LogP contribution in [0.25, 0.3) is 33.2 Å². The maximum atomic E-state index is 13.3. The standard InChI is InChI=1S/C28H30N6O4/c1-28(2,3)38-27(36)33-13-11-32(12-14-33)26(35)24-10-9-21-17-34(37)18-23(25(21)30-24)20-7-5-19(6-8-20)22-15-29-31(4)16-22/h5-10,15-18H,11-14H2,1-4H3. The highest BCUT2D eigenvalue weighted by Gasteiger charge is 2.29. The van der Waals surface area contributed by atoms with E-state index in [-0.39, 0.29) is 12.0 Å². The van der Waals surface area contributed by atoms with Gasteiger partial charge in [-0.15, -0.1) is 0 Å². The first kappa shape index (κ1) is 25.2. The number of nitrogens with zero attached hydrogens (tertiary/aromatic N) is 6. The van der Waals surface area contributed by atoms with Crippen LogP contribution in [0.5, 0.6) is 0 Å². The molecule has 0 atom stereocenters. The highest BCUT2D eigenvalue weighted by molar-refractivity contribution is 5.98. The number of benzene rings is 1. The summed E-state index contributed by atoms with van der Waals surface area (Å²) in [4.78, 5) is 33.7. The Morgan fingerprint density at radius 3 is 2.21 bits per heavy atom. The molecule has 0 bridgehead atoms. The molecule has 196 valence electrons. The first-order valence-electron chi connectivity index (χ1n) is 12.5. The molecule has 10 nitrogen and oxygen atoms in total. The number of pyridine rings is 2. The van der Waals surface area contributed by atoms with E-state index < -0.39 is 5.60 Å². The first-order chi connectivity index (χ1) is 18.1. The highest BCUT2D eigenvalue weighted by atomic mass is 16.6. The summed E-state index contributed by atoms with van der Waals surface area (Å²) in [5, 5.41) is 17.2. The Bertz CT molecular complexity index is 1500. The van der Waals surface area contributed by atoms with Gasteiger partial charge in [0.15, 0.2) is 12.4 Å². The molecule has 0 spiro atoms. The monoisotopic (exact) mass is 514 g/mol. The van der Waals surface area contributed by atoms with Crippen LogP contribution in [0, 0.1) is 5.21 Å². The summed E-state index contributed by atoms with van der Waals surface area (Å²) in [5.41, 5.74) is 3.75. The van der Waals surface area contributed by atoms with Crippen LogP contribution in [0.2, 0.25) is 0 Å². The van der Waals surface area contributed by atoms with Crippen molar-refractivity contribution in [3.63, 3.8) is 0 Å². The van der Waals surface area contributed by atoms with Crippen LogP contribution in [0.3, 0.4) is 0 Å². The van der Waals surface area contributed by atoms with E-state index in [2.05, 4.69) is 5.10 Å². The molecule has 1 aliphatic heterocycles. The third-order valence-corrected chi connectivity index (χ3v) is 6.38. The van der Waals surface area contributed by atoms with Gasteiger partial charge in [-0.2, -0.15) is 9.83 Å². The van der Waals surface area contributed by atoms with Gasteiger partial charge in [0.05, 0.1) is 22.7 Å². The topological polar surface area (TPSA) is 108 Å². The lowest BCUT2D eigenvalue weighted by molar-refractivity contribution is -0.603. The van der Waals surface area contributed by atoms with E-state index in [9.17, 15) is 14.8 Å². The second kappa shape index (κ2) is 9.77. The van der Waals surface area contributed by atoms with Crippen molar-refractivity contribution in [1.29, 1.82) is 0 Å². The van der Waals surface area contributed by atoms with E-state index >= 15 is 0 Å². The van der Waals surface area contributed by atoms with Crippen molar-refractivity contribution in [2.75, 3.05) is 26.2 Å². The summed E-state index contributed by atoms with van der Waals surface area (Å²) < 4.78 is 7.94. The number of aromatic nitrogens is 4. The zero-order chi connectivity index (χ0) is 27.0. The minimum Gasteiger partial charge on any atom is -0.619 e. The molecule has 0 radical (unpaired) electrons. The molecular formula is C28H30N6O4. The molecule has 1 aromatic carbocycles. The van der Waals surface area contributed by atoms with Crippen LogP contribution in [0.15, 0.2) is 61.2 Å². The number of carbonyl (C=O) groups is 2. The summed E-state index contributed by atoms with van der Waals surface area (Å²) in [5.74, 6) is -0.215. The van der Waals surface area contributed by atoms with E-state index in [1.165, 1.54) is 12.4 Å². The Balaban J connectivity index is 1.38. The van der Waals surface area contributed by atoms with Gasteiger partial charge in [0.1, 0.15) is 11.3 Å². The number of amides is 2. The number of hydrogen-bond donors (Lipinski definition) is 0. The summed E-state index contributed by atoms with van der Waals surface area (Å²) in [7, 11) is 1.87. The molecule has 2 amide bonds. The van der Waals surface area contributed by atoms with Crippen molar-refractivity contribution in [1.82, 2.24) is 24.6 Å². The lowest BCUT2D eigenvalue weighted by Gasteiger charge is -2.35. The summed E-state index contributed by atoms with van der Waals surface area (Å²) >= 11 is 0. The average Bonchev–Trinajstić information content (AvgIpc) is 3.33. The number of hydrogen-bond acceptors (Lipinski definition) is 6. The van der Waals surface area contributed by atoms with Crippen molar-refractivity contribution in [3.8, 4) is 22.3 Å². The largest absolute Gasteiger partial charge is 0.619 e. The van der Waals surface area contributed by atoms with Crippen molar-refractivity contribution >= 4 is 22.9 Å². The minimum atomic E-state index is -0.571. The van der Waals surface area contributed by atoms with Gasteiger partial charge in [-0.1, -0.05) is 24.3 Å².